The van der Waals surface area contributed by atoms with Gasteiger partial charge in [0.2, 0.25) is 0 Å². The van der Waals surface area contributed by atoms with Crippen LogP contribution in [0.1, 0.15) is 26.6 Å². The minimum absolute atomic E-state index is 0.991. The molecule has 0 N–H and O–H groups in total. The van der Waals surface area contributed by atoms with Gasteiger partial charge in [-0.25, -0.2) is 4.98 Å². The van der Waals surface area contributed by atoms with Crippen molar-refractivity contribution in [1.29, 1.82) is 0 Å². The van der Waals surface area contributed by atoms with Crippen molar-refractivity contribution in [2.45, 2.75) is 20.8 Å². The van der Waals surface area contributed by atoms with Gasteiger partial charge in [0, 0.05) is 19.4 Å². The Labute approximate surface area is 80.6 Å². The summed E-state index contributed by atoms with van der Waals surface area (Å²) in [7, 11) is 1.97. The molecule has 0 aliphatic carbocycles. The highest BCUT2D eigenvalue weighted by atomic mass is 15.0. The van der Waals surface area contributed by atoms with Crippen LogP contribution in [0.15, 0.2) is 31.1 Å². The van der Waals surface area contributed by atoms with Gasteiger partial charge in [0.1, 0.15) is 5.82 Å². The molecule has 1 heterocycles. The van der Waals surface area contributed by atoms with Gasteiger partial charge in [-0.05, 0) is 12.5 Å². The van der Waals surface area contributed by atoms with Gasteiger partial charge in [0.05, 0.1) is 0 Å². The Bertz CT molecular complexity index is 282. The van der Waals surface area contributed by atoms with Crippen molar-refractivity contribution in [3.63, 3.8) is 0 Å². The molecule has 1 aromatic heterocycles. The fourth-order valence-corrected chi connectivity index (χ4v) is 0.997. The van der Waals surface area contributed by atoms with Crippen LogP contribution in [-0.2, 0) is 7.05 Å². The van der Waals surface area contributed by atoms with Gasteiger partial charge in [0.25, 0.3) is 0 Å². The number of imidazole rings is 1. The van der Waals surface area contributed by atoms with E-state index < -0.39 is 0 Å². The molecule has 13 heavy (non-hydrogen) atoms. The van der Waals surface area contributed by atoms with Crippen LogP contribution in [-0.4, -0.2) is 9.55 Å². The molecule has 0 aliphatic heterocycles. The highest BCUT2D eigenvalue weighted by Crippen LogP contribution is 2.09. The van der Waals surface area contributed by atoms with Crippen molar-refractivity contribution in [1.82, 2.24) is 9.55 Å². The Morgan fingerprint density at radius 1 is 1.54 bits per heavy atom. The van der Waals surface area contributed by atoms with Gasteiger partial charge in [-0.15, -0.1) is 0 Å². The topological polar surface area (TPSA) is 17.8 Å². The Kier molecular flexibility index (Phi) is 5.60. The average Bonchev–Trinajstić information content (AvgIpc) is 2.55. The van der Waals surface area contributed by atoms with Crippen LogP contribution in [0.3, 0.4) is 0 Å². The molecule has 0 saturated heterocycles. The van der Waals surface area contributed by atoms with E-state index in [0.29, 0.717) is 0 Å². The van der Waals surface area contributed by atoms with Gasteiger partial charge >= 0.3 is 0 Å². The second kappa shape index (κ2) is 6.23. The highest BCUT2D eigenvalue weighted by molar-refractivity contribution is 5.59. The van der Waals surface area contributed by atoms with E-state index >= 15 is 0 Å². The summed E-state index contributed by atoms with van der Waals surface area (Å²) >= 11 is 0. The maximum atomic E-state index is 4.18. The normalized spacial score (nSPS) is 10.3. The van der Waals surface area contributed by atoms with Gasteiger partial charge in [0.15, 0.2) is 0 Å². The van der Waals surface area contributed by atoms with E-state index in [4.69, 9.17) is 0 Å². The zero-order valence-corrected chi connectivity index (χ0v) is 8.91. The van der Waals surface area contributed by atoms with Gasteiger partial charge in [-0.3, -0.25) is 0 Å². The van der Waals surface area contributed by atoms with Crippen molar-refractivity contribution in [2.24, 2.45) is 7.05 Å². The molecule has 0 unspecified atom stereocenters. The summed E-state index contributed by atoms with van der Waals surface area (Å²) in [4.78, 5) is 4.18. The minimum Gasteiger partial charge on any atom is -0.334 e. The van der Waals surface area contributed by atoms with Crippen LogP contribution in [0.25, 0.3) is 5.57 Å². The van der Waals surface area contributed by atoms with E-state index in [1.807, 2.05) is 44.7 Å². The third-order valence-electron chi connectivity index (χ3n) is 1.54. The minimum atomic E-state index is 0.991. The number of rotatable bonds is 2. The largest absolute Gasteiger partial charge is 0.334 e. The number of hydrogen-bond donors (Lipinski definition) is 0. The van der Waals surface area contributed by atoms with Crippen LogP contribution in [0.5, 0.6) is 0 Å². The Morgan fingerprint density at radius 2 is 2.15 bits per heavy atom. The van der Waals surface area contributed by atoms with Gasteiger partial charge in [-0.1, -0.05) is 32.6 Å². The SMILES string of the molecule is C=C/C=C(/C)c1nccn1C.CC. The number of allylic oxidation sites excluding steroid dienone is 3. The first-order valence-corrected chi connectivity index (χ1v) is 4.52. The fourth-order valence-electron chi connectivity index (χ4n) is 0.997. The summed E-state index contributed by atoms with van der Waals surface area (Å²) in [5, 5.41) is 0. The van der Waals surface area contributed by atoms with Gasteiger partial charge < -0.3 is 4.57 Å². The predicted molar refractivity (Wildman–Crippen MR) is 58.4 cm³/mol. The summed E-state index contributed by atoms with van der Waals surface area (Å²) in [5.41, 5.74) is 1.13. The van der Waals surface area contributed by atoms with Crippen LogP contribution in [0.2, 0.25) is 0 Å². The fraction of sp³-hybridized carbons (Fsp3) is 0.364. The summed E-state index contributed by atoms with van der Waals surface area (Å²) in [6.45, 7) is 9.64. The van der Waals surface area contributed by atoms with Gasteiger partial charge in [-0.2, -0.15) is 0 Å². The molecular weight excluding hydrogens is 160 g/mol. The maximum Gasteiger partial charge on any atom is 0.135 e. The lowest BCUT2D eigenvalue weighted by molar-refractivity contribution is 0.889. The van der Waals surface area contributed by atoms with Crippen LogP contribution >= 0.6 is 0 Å². The number of hydrogen-bond acceptors (Lipinski definition) is 1. The third kappa shape index (κ3) is 3.28. The van der Waals surface area contributed by atoms with E-state index in [1.54, 1.807) is 12.3 Å². The lowest BCUT2D eigenvalue weighted by atomic mass is 10.2. The quantitative estimate of drug-likeness (QED) is 0.636. The van der Waals surface area contributed by atoms with Crippen LogP contribution in [0.4, 0.5) is 0 Å². The molecule has 0 bridgehead atoms. The monoisotopic (exact) mass is 178 g/mol. The van der Waals surface area contributed by atoms with E-state index in [2.05, 4.69) is 11.6 Å². The van der Waals surface area contributed by atoms with Crippen LogP contribution < -0.4 is 0 Å². The van der Waals surface area contributed by atoms with Crippen LogP contribution in [0, 0.1) is 0 Å². The third-order valence-corrected chi connectivity index (χ3v) is 1.54. The number of aryl methyl sites for hydroxylation is 1. The lowest BCUT2D eigenvalue weighted by Gasteiger charge is -1.98. The molecule has 0 fully saturated rings. The highest BCUT2D eigenvalue weighted by Gasteiger charge is 1.98. The van der Waals surface area contributed by atoms with E-state index in [-0.39, 0.29) is 0 Å². The van der Waals surface area contributed by atoms with Crippen molar-refractivity contribution < 1.29 is 0 Å². The summed E-state index contributed by atoms with van der Waals surface area (Å²) in [5.74, 6) is 0.991. The molecule has 1 rings (SSSR count). The average molecular weight is 178 g/mol. The number of aromatic nitrogens is 2. The zero-order valence-electron chi connectivity index (χ0n) is 8.91. The summed E-state index contributed by atoms with van der Waals surface area (Å²) in [6.07, 6.45) is 7.43. The second-order valence-corrected chi connectivity index (χ2v) is 2.45. The van der Waals surface area contributed by atoms with E-state index in [0.717, 1.165) is 11.4 Å². The maximum absolute atomic E-state index is 4.18. The summed E-state index contributed by atoms with van der Waals surface area (Å²) < 4.78 is 1.98. The molecule has 0 atom stereocenters. The van der Waals surface area contributed by atoms with Crippen molar-refractivity contribution in [3.05, 3.63) is 36.9 Å². The molecule has 2 nitrogen and oxygen atoms in total. The first-order valence-electron chi connectivity index (χ1n) is 4.52. The second-order valence-electron chi connectivity index (χ2n) is 2.45. The molecule has 0 radical (unpaired) electrons. The molecule has 0 aliphatic rings. The van der Waals surface area contributed by atoms with E-state index in [1.165, 1.54) is 0 Å². The number of nitrogens with zero attached hydrogens (tertiary/aromatic N) is 2. The predicted octanol–water partition coefficient (Wildman–Crippen LogP) is 3.04. The van der Waals surface area contributed by atoms with Crippen molar-refractivity contribution in [3.8, 4) is 0 Å². The molecule has 2 heteroatoms. The molecule has 0 spiro atoms. The molecular formula is C11H18N2. The van der Waals surface area contributed by atoms with Crippen molar-refractivity contribution in [2.75, 3.05) is 0 Å². The Morgan fingerprint density at radius 3 is 2.54 bits per heavy atom. The zero-order chi connectivity index (χ0) is 10.3. The molecule has 0 saturated carbocycles. The first kappa shape index (κ1) is 11.7. The Balaban J connectivity index is 0.000000671. The molecule has 72 valence electrons. The standard InChI is InChI=1S/C9H12N2.C2H6/c1-4-5-8(2)9-10-6-7-11(9)3;1-2/h4-7H,1H2,2-3H3;1-2H3/b8-5-;. The smallest absolute Gasteiger partial charge is 0.135 e. The van der Waals surface area contributed by atoms with E-state index in [9.17, 15) is 0 Å². The molecule has 0 amide bonds. The lowest BCUT2D eigenvalue weighted by Crippen LogP contribution is -1.93. The molecule has 0 aromatic carbocycles. The Hall–Kier alpha value is -1.31. The summed E-state index contributed by atoms with van der Waals surface area (Å²) in [6, 6.07) is 0. The van der Waals surface area contributed by atoms with Crippen molar-refractivity contribution >= 4 is 5.57 Å². The first-order chi connectivity index (χ1) is 6.25. The molecule has 1 aromatic rings.